The van der Waals surface area contributed by atoms with Gasteiger partial charge in [-0.3, -0.25) is 0 Å². The van der Waals surface area contributed by atoms with Gasteiger partial charge in [-0.1, -0.05) is 46.3 Å². The first-order valence-electron chi connectivity index (χ1n) is 5.51. The summed E-state index contributed by atoms with van der Waals surface area (Å²) < 4.78 is 5.58. The molecule has 0 aliphatic carbocycles. The molecule has 17 heavy (non-hydrogen) atoms. The predicted octanol–water partition coefficient (Wildman–Crippen LogP) is 3.87. The molecule has 0 saturated heterocycles. The Bertz CT molecular complexity index is 537. The number of ether oxygens (including phenoxy) is 1. The molecule has 0 N–H and O–H groups in total. The molecule has 0 fully saturated rings. The Morgan fingerprint density at radius 3 is 2.76 bits per heavy atom. The molecule has 0 saturated carbocycles. The van der Waals surface area contributed by atoms with Crippen LogP contribution in [0.4, 0.5) is 0 Å². The summed E-state index contributed by atoms with van der Waals surface area (Å²) in [6, 6.07) is 11.9. The van der Waals surface area contributed by atoms with Crippen LogP contribution < -0.4 is 4.74 Å². The number of rotatable bonds is 4. The summed E-state index contributed by atoms with van der Waals surface area (Å²) in [6.45, 7) is 2.52. The van der Waals surface area contributed by atoms with Crippen LogP contribution in [0.3, 0.4) is 0 Å². The van der Waals surface area contributed by atoms with Gasteiger partial charge in [0.2, 0.25) is 0 Å². The summed E-state index contributed by atoms with van der Waals surface area (Å²) in [4.78, 5) is 10.7. The SMILES string of the molecule is CCOc1ccc2ccccc2c1C(Br)C=O. The van der Waals surface area contributed by atoms with Gasteiger partial charge >= 0.3 is 0 Å². The number of benzene rings is 2. The Balaban J connectivity index is 2.70. The standard InChI is InChI=1S/C14H13BrO2/c1-2-17-13-8-7-10-5-3-4-6-11(10)14(13)12(15)9-16/h3-9,12H,2H2,1H3. The zero-order valence-corrected chi connectivity index (χ0v) is 11.1. The van der Waals surface area contributed by atoms with E-state index in [2.05, 4.69) is 15.9 Å². The fourth-order valence-corrected chi connectivity index (χ4v) is 2.38. The van der Waals surface area contributed by atoms with E-state index in [4.69, 9.17) is 4.74 Å². The molecular formula is C14H13BrO2. The summed E-state index contributed by atoms with van der Waals surface area (Å²) in [5.74, 6) is 0.764. The van der Waals surface area contributed by atoms with Gasteiger partial charge < -0.3 is 9.53 Å². The molecule has 0 amide bonds. The molecule has 2 aromatic rings. The van der Waals surface area contributed by atoms with E-state index in [1.165, 1.54) is 0 Å². The third-order valence-corrected chi connectivity index (χ3v) is 3.30. The predicted molar refractivity (Wildman–Crippen MR) is 72.8 cm³/mol. The van der Waals surface area contributed by atoms with Gasteiger partial charge in [-0.2, -0.15) is 0 Å². The van der Waals surface area contributed by atoms with Crippen molar-refractivity contribution in [3.63, 3.8) is 0 Å². The van der Waals surface area contributed by atoms with Gasteiger partial charge in [-0.25, -0.2) is 0 Å². The number of alkyl halides is 1. The average Bonchev–Trinajstić information content (AvgIpc) is 2.38. The number of carbonyl (C=O) groups excluding carboxylic acids is 1. The van der Waals surface area contributed by atoms with Crippen molar-refractivity contribution in [2.24, 2.45) is 0 Å². The maximum atomic E-state index is 11.0. The third kappa shape index (κ3) is 2.34. The minimum absolute atomic E-state index is 0.338. The fourth-order valence-electron chi connectivity index (χ4n) is 1.91. The van der Waals surface area contributed by atoms with Gasteiger partial charge in [0.1, 0.15) is 12.0 Å². The highest BCUT2D eigenvalue weighted by molar-refractivity contribution is 9.09. The summed E-state index contributed by atoms with van der Waals surface area (Å²) in [6.07, 6.45) is 0.879. The molecule has 2 rings (SSSR count). The lowest BCUT2D eigenvalue weighted by Crippen LogP contribution is -2.00. The smallest absolute Gasteiger partial charge is 0.138 e. The largest absolute Gasteiger partial charge is 0.494 e. The number of hydrogen-bond acceptors (Lipinski definition) is 2. The van der Waals surface area contributed by atoms with Crippen LogP contribution in [0.15, 0.2) is 36.4 Å². The zero-order chi connectivity index (χ0) is 12.3. The number of fused-ring (bicyclic) bond motifs is 1. The number of aldehydes is 1. The second-order valence-corrected chi connectivity index (χ2v) is 4.66. The summed E-state index contributed by atoms with van der Waals surface area (Å²) >= 11 is 3.38. The number of halogens is 1. The van der Waals surface area contributed by atoms with E-state index in [0.717, 1.165) is 28.4 Å². The lowest BCUT2D eigenvalue weighted by Gasteiger charge is -2.14. The molecule has 88 valence electrons. The molecule has 0 aliphatic rings. The first-order valence-corrected chi connectivity index (χ1v) is 6.43. The van der Waals surface area contributed by atoms with Crippen molar-refractivity contribution >= 4 is 33.0 Å². The van der Waals surface area contributed by atoms with Crippen LogP contribution in [0.5, 0.6) is 5.75 Å². The maximum absolute atomic E-state index is 11.0. The van der Waals surface area contributed by atoms with Crippen LogP contribution in [-0.2, 0) is 4.79 Å². The number of hydrogen-bond donors (Lipinski definition) is 0. The van der Waals surface area contributed by atoms with E-state index in [0.29, 0.717) is 6.61 Å². The van der Waals surface area contributed by atoms with Crippen molar-refractivity contribution < 1.29 is 9.53 Å². The highest BCUT2D eigenvalue weighted by atomic mass is 79.9. The summed E-state index contributed by atoms with van der Waals surface area (Å²) in [7, 11) is 0. The molecule has 1 unspecified atom stereocenters. The Morgan fingerprint density at radius 2 is 2.06 bits per heavy atom. The van der Waals surface area contributed by atoms with Gasteiger partial charge in [0.05, 0.1) is 11.4 Å². The molecule has 0 heterocycles. The highest BCUT2D eigenvalue weighted by Crippen LogP contribution is 2.36. The first-order chi connectivity index (χ1) is 8.27. The monoisotopic (exact) mass is 292 g/mol. The second-order valence-electron chi connectivity index (χ2n) is 3.67. The molecule has 1 atom stereocenters. The molecule has 2 nitrogen and oxygen atoms in total. The van der Waals surface area contributed by atoms with E-state index >= 15 is 0 Å². The van der Waals surface area contributed by atoms with Crippen molar-refractivity contribution in [3.8, 4) is 5.75 Å². The molecule has 0 aliphatic heterocycles. The topological polar surface area (TPSA) is 26.3 Å². The molecule has 0 radical (unpaired) electrons. The van der Waals surface area contributed by atoms with Gasteiger partial charge in [-0.15, -0.1) is 0 Å². The first kappa shape index (κ1) is 12.1. The van der Waals surface area contributed by atoms with Crippen LogP contribution in [0.1, 0.15) is 17.3 Å². The van der Waals surface area contributed by atoms with E-state index in [-0.39, 0.29) is 4.83 Å². The molecule has 3 heteroatoms. The van der Waals surface area contributed by atoms with Crippen molar-refractivity contribution in [2.75, 3.05) is 6.61 Å². The molecule has 0 aromatic heterocycles. The quantitative estimate of drug-likeness (QED) is 0.632. The normalized spacial score (nSPS) is 12.4. The van der Waals surface area contributed by atoms with Crippen molar-refractivity contribution in [3.05, 3.63) is 42.0 Å². The van der Waals surface area contributed by atoms with Gasteiger partial charge in [0.25, 0.3) is 0 Å². The van der Waals surface area contributed by atoms with Crippen LogP contribution in [0.2, 0.25) is 0 Å². The second kappa shape index (κ2) is 5.32. The van der Waals surface area contributed by atoms with Crippen molar-refractivity contribution in [2.45, 2.75) is 11.8 Å². The Hall–Kier alpha value is -1.35. The van der Waals surface area contributed by atoms with E-state index in [9.17, 15) is 4.79 Å². The maximum Gasteiger partial charge on any atom is 0.138 e. The number of carbonyl (C=O) groups is 1. The molecule has 2 aromatic carbocycles. The van der Waals surface area contributed by atoms with Crippen molar-refractivity contribution in [1.82, 2.24) is 0 Å². The van der Waals surface area contributed by atoms with E-state index in [1.54, 1.807) is 0 Å². The lowest BCUT2D eigenvalue weighted by atomic mass is 10.0. The third-order valence-electron chi connectivity index (χ3n) is 2.63. The molecular weight excluding hydrogens is 280 g/mol. The minimum Gasteiger partial charge on any atom is -0.494 e. The summed E-state index contributed by atoms with van der Waals surface area (Å²) in [5, 5.41) is 2.16. The van der Waals surface area contributed by atoms with Crippen LogP contribution >= 0.6 is 15.9 Å². The fraction of sp³-hybridized carbons (Fsp3) is 0.214. The molecule has 0 spiro atoms. The van der Waals surface area contributed by atoms with Crippen LogP contribution in [-0.4, -0.2) is 12.9 Å². The average molecular weight is 293 g/mol. The van der Waals surface area contributed by atoms with Crippen molar-refractivity contribution in [1.29, 1.82) is 0 Å². The van der Waals surface area contributed by atoms with Crippen LogP contribution in [0, 0.1) is 0 Å². The Labute approximate surface area is 109 Å². The van der Waals surface area contributed by atoms with E-state index in [1.807, 2.05) is 43.3 Å². The molecule has 0 bridgehead atoms. The van der Waals surface area contributed by atoms with E-state index < -0.39 is 0 Å². The minimum atomic E-state index is -0.338. The zero-order valence-electron chi connectivity index (χ0n) is 9.52. The summed E-state index contributed by atoms with van der Waals surface area (Å²) in [5.41, 5.74) is 0.903. The Kier molecular flexibility index (Phi) is 3.79. The lowest BCUT2D eigenvalue weighted by molar-refractivity contribution is -0.107. The van der Waals surface area contributed by atoms with Gasteiger partial charge in [-0.05, 0) is 23.8 Å². The van der Waals surface area contributed by atoms with Crippen LogP contribution in [0.25, 0.3) is 10.8 Å². The highest BCUT2D eigenvalue weighted by Gasteiger charge is 2.15. The Morgan fingerprint density at radius 1 is 1.29 bits per heavy atom. The van der Waals surface area contributed by atoms with Gasteiger partial charge in [0, 0.05) is 5.56 Å². The van der Waals surface area contributed by atoms with Gasteiger partial charge in [0.15, 0.2) is 0 Å².